The Morgan fingerprint density at radius 2 is 1.83 bits per heavy atom. The molecule has 1 aliphatic rings. The monoisotopic (exact) mass is 410 g/mol. The maximum atomic E-state index is 10.8. The third kappa shape index (κ3) is 5.14. The topological polar surface area (TPSA) is 63.1 Å². The average molecular weight is 411 g/mol. The second-order valence-corrected chi connectivity index (χ2v) is 8.17. The van der Waals surface area contributed by atoms with E-state index in [1.54, 1.807) is 20.3 Å². The highest BCUT2D eigenvalue weighted by molar-refractivity contribution is 6.01. The van der Waals surface area contributed by atoms with Crippen LogP contribution in [0.5, 0.6) is 17.2 Å². The van der Waals surface area contributed by atoms with Crippen molar-refractivity contribution in [3.05, 3.63) is 53.6 Å². The van der Waals surface area contributed by atoms with E-state index in [4.69, 9.17) is 14.5 Å². The number of nitrogens with one attached hydrogen (secondary N) is 1. The number of aliphatic imine (C=N–C) groups is 1. The quantitative estimate of drug-likeness (QED) is 0.527. The van der Waals surface area contributed by atoms with Crippen molar-refractivity contribution in [1.29, 1.82) is 0 Å². The Balaban J connectivity index is 1.93. The van der Waals surface area contributed by atoms with Crippen LogP contribution in [0.1, 0.15) is 69.5 Å². The molecule has 0 fully saturated rings. The number of rotatable bonds is 9. The molecule has 2 N–H and O–H groups in total. The summed E-state index contributed by atoms with van der Waals surface area (Å²) in [4.78, 5) is 5.14. The zero-order valence-electron chi connectivity index (χ0n) is 18.6. The number of methoxy groups -OCH3 is 2. The first-order valence-corrected chi connectivity index (χ1v) is 10.9. The van der Waals surface area contributed by atoms with E-state index >= 15 is 0 Å². The molecule has 5 nitrogen and oxygen atoms in total. The number of unbranched alkanes of at least 4 members (excludes halogenated alkanes) is 3. The van der Waals surface area contributed by atoms with E-state index in [1.165, 1.54) is 19.3 Å². The van der Waals surface area contributed by atoms with Crippen LogP contribution in [-0.4, -0.2) is 30.7 Å². The summed E-state index contributed by atoms with van der Waals surface area (Å²) >= 11 is 0. The molecular weight excluding hydrogens is 376 g/mol. The van der Waals surface area contributed by atoms with Gasteiger partial charge in [0.15, 0.2) is 11.5 Å². The Bertz CT molecular complexity index is 863. The lowest BCUT2D eigenvalue weighted by Gasteiger charge is -2.38. The normalized spacial score (nSPS) is 21.2. The fourth-order valence-corrected chi connectivity index (χ4v) is 4.16. The van der Waals surface area contributed by atoms with Crippen LogP contribution in [0.3, 0.4) is 0 Å². The average Bonchev–Trinajstić information content (AvgIpc) is 2.76. The zero-order valence-corrected chi connectivity index (χ0v) is 18.6. The minimum Gasteiger partial charge on any atom is -0.504 e. The third-order valence-corrected chi connectivity index (χ3v) is 5.83. The fourth-order valence-electron chi connectivity index (χ4n) is 4.16. The Labute approximate surface area is 180 Å². The zero-order chi connectivity index (χ0) is 21.6. The highest BCUT2D eigenvalue weighted by Gasteiger charge is 2.34. The largest absolute Gasteiger partial charge is 0.504 e. The lowest BCUT2D eigenvalue weighted by atomic mass is 9.90. The second-order valence-electron chi connectivity index (χ2n) is 8.17. The van der Waals surface area contributed by atoms with Gasteiger partial charge in [0, 0.05) is 23.7 Å². The Morgan fingerprint density at radius 3 is 2.50 bits per heavy atom. The molecule has 162 valence electrons. The molecule has 3 rings (SSSR count). The van der Waals surface area contributed by atoms with Gasteiger partial charge in [0.2, 0.25) is 0 Å². The molecule has 0 amide bonds. The van der Waals surface area contributed by atoms with Crippen molar-refractivity contribution >= 4 is 5.71 Å². The molecular formula is C25H34N2O3. The predicted octanol–water partition coefficient (Wildman–Crippen LogP) is 5.62. The van der Waals surface area contributed by atoms with Crippen molar-refractivity contribution in [3.63, 3.8) is 0 Å². The molecule has 2 aromatic carbocycles. The van der Waals surface area contributed by atoms with E-state index < -0.39 is 0 Å². The van der Waals surface area contributed by atoms with E-state index in [9.17, 15) is 5.11 Å². The molecule has 0 aliphatic carbocycles. The van der Waals surface area contributed by atoms with Crippen LogP contribution in [-0.2, 0) is 0 Å². The van der Waals surface area contributed by atoms with Crippen molar-refractivity contribution < 1.29 is 14.6 Å². The molecule has 1 heterocycles. The number of ether oxygens (including phenoxy) is 2. The SMILES string of the molecule is CCCCCCC1(C)N=C(c2ccc(OC)cc2)CC(c2cccc(OC)c2O)N1. The van der Waals surface area contributed by atoms with Gasteiger partial charge < -0.3 is 14.6 Å². The van der Waals surface area contributed by atoms with Crippen LogP contribution in [0.15, 0.2) is 47.5 Å². The molecule has 2 unspecified atom stereocenters. The molecule has 5 heteroatoms. The summed E-state index contributed by atoms with van der Waals surface area (Å²) in [6, 6.07) is 13.7. The van der Waals surface area contributed by atoms with E-state index in [2.05, 4.69) is 31.3 Å². The van der Waals surface area contributed by atoms with Gasteiger partial charge in [-0.15, -0.1) is 0 Å². The molecule has 0 saturated heterocycles. The Morgan fingerprint density at radius 1 is 1.07 bits per heavy atom. The first-order chi connectivity index (χ1) is 14.5. The fraction of sp³-hybridized carbons (Fsp3) is 0.480. The number of hydrogen-bond acceptors (Lipinski definition) is 5. The van der Waals surface area contributed by atoms with E-state index in [1.807, 2.05) is 24.3 Å². The molecule has 0 aromatic heterocycles. The van der Waals surface area contributed by atoms with Crippen molar-refractivity contribution in [2.45, 2.75) is 64.1 Å². The number of aromatic hydroxyl groups is 1. The number of para-hydroxylation sites is 1. The van der Waals surface area contributed by atoms with Gasteiger partial charge >= 0.3 is 0 Å². The number of phenols is 1. The van der Waals surface area contributed by atoms with E-state index in [0.717, 1.165) is 35.4 Å². The highest BCUT2D eigenvalue weighted by Crippen LogP contribution is 2.39. The maximum Gasteiger partial charge on any atom is 0.162 e. The van der Waals surface area contributed by atoms with Crippen LogP contribution < -0.4 is 14.8 Å². The van der Waals surface area contributed by atoms with Gasteiger partial charge in [-0.25, -0.2) is 0 Å². The van der Waals surface area contributed by atoms with E-state index in [0.29, 0.717) is 12.2 Å². The van der Waals surface area contributed by atoms with Crippen molar-refractivity contribution in [3.8, 4) is 17.2 Å². The highest BCUT2D eigenvalue weighted by atomic mass is 16.5. The summed E-state index contributed by atoms with van der Waals surface area (Å²) in [6.07, 6.45) is 6.42. The van der Waals surface area contributed by atoms with Gasteiger partial charge in [0.05, 0.1) is 14.2 Å². The first kappa shape index (κ1) is 22.2. The Kier molecular flexibility index (Phi) is 7.38. The van der Waals surface area contributed by atoms with E-state index in [-0.39, 0.29) is 17.5 Å². The number of nitrogens with zero attached hydrogens (tertiary/aromatic N) is 1. The minimum absolute atomic E-state index is 0.0501. The summed E-state index contributed by atoms with van der Waals surface area (Å²) < 4.78 is 10.6. The minimum atomic E-state index is -0.387. The van der Waals surface area contributed by atoms with Crippen molar-refractivity contribution in [2.75, 3.05) is 14.2 Å². The van der Waals surface area contributed by atoms with Gasteiger partial charge in [0.25, 0.3) is 0 Å². The number of hydrogen-bond donors (Lipinski definition) is 2. The number of phenolic OH excluding ortho intramolecular Hbond substituents is 1. The summed E-state index contributed by atoms with van der Waals surface area (Å²) in [6.45, 7) is 4.38. The molecule has 0 saturated carbocycles. The van der Waals surface area contributed by atoms with Crippen LogP contribution in [0.4, 0.5) is 0 Å². The standard InChI is InChI=1S/C25H34N2O3/c1-5-6-7-8-16-25(2)26-21(18-12-14-19(29-3)15-13-18)17-22(27-25)20-10-9-11-23(30-4)24(20)28/h9-15,22,27-28H,5-8,16-17H2,1-4H3. The van der Waals surface area contributed by atoms with Gasteiger partial charge in [0.1, 0.15) is 11.4 Å². The lowest BCUT2D eigenvalue weighted by Crippen LogP contribution is -2.47. The van der Waals surface area contributed by atoms with Crippen LogP contribution >= 0.6 is 0 Å². The predicted molar refractivity (Wildman–Crippen MR) is 122 cm³/mol. The van der Waals surface area contributed by atoms with Gasteiger partial charge in [-0.05, 0) is 55.7 Å². The smallest absolute Gasteiger partial charge is 0.162 e. The molecule has 30 heavy (non-hydrogen) atoms. The summed E-state index contributed by atoms with van der Waals surface area (Å²) in [7, 11) is 3.25. The van der Waals surface area contributed by atoms with Gasteiger partial charge in [-0.2, -0.15) is 0 Å². The van der Waals surface area contributed by atoms with Crippen LogP contribution in [0.2, 0.25) is 0 Å². The molecule has 0 spiro atoms. The summed E-state index contributed by atoms with van der Waals surface area (Å²) in [5.74, 6) is 1.52. The maximum absolute atomic E-state index is 10.8. The molecule has 0 radical (unpaired) electrons. The lowest BCUT2D eigenvalue weighted by molar-refractivity contribution is 0.275. The summed E-state index contributed by atoms with van der Waals surface area (Å²) in [5.41, 5.74) is 2.59. The third-order valence-electron chi connectivity index (χ3n) is 5.83. The van der Waals surface area contributed by atoms with Gasteiger partial charge in [-0.1, -0.05) is 38.3 Å². The molecule has 0 bridgehead atoms. The summed E-state index contributed by atoms with van der Waals surface area (Å²) in [5, 5.41) is 14.5. The molecule has 2 atom stereocenters. The molecule has 1 aliphatic heterocycles. The van der Waals surface area contributed by atoms with Gasteiger partial charge in [-0.3, -0.25) is 10.3 Å². The Hall–Kier alpha value is -2.53. The van der Waals surface area contributed by atoms with Crippen molar-refractivity contribution in [2.24, 2.45) is 4.99 Å². The first-order valence-electron chi connectivity index (χ1n) is 10.9. The van der Waals surface area contributed by atoms with Crippen LogP contribution in [0.25, 0.3) is 0 Å². The van der Waals surface area contributed by atoms with Crippen molar-refractivity contribution in [1.82, 2.24) is 5.32 Å². The second kappa shape index (κ2) is 9.98. The molecule has 2 aromatic rings. The number of benzene rings is 2. The van der Waals surface area contributed by atoms with Crippen LogP contribution in [0, 0.1) is 0 Å².